The number of nitrogens with one attached hydrogen (secondary N) is 1. The minimum atomic E-state index is -4.78. The summed E-state index contributed by atoms with van der Waals surface area (Å²) in [4.78, 5) is -0.309. The molecule has 4 nitrogen and oxygen atoms in total. The Labute approximate surface area is 146 Å². The standard InChI is InChI=1S/C14H10Cl2F3NO3S/c1-23-13-5-3-9(7-11(13)16)24(21,22)20-12-4-2-8(15)6-10(12)14(17,18)19/h2-7,20H,1H3. The highest BCUT2D eigenvalue weighted by atomic mass is 35.5. The molecule has 130 valence electrons. The first-order chi connectivity index (χ1) is 11.0. The van der Waals surface area contributed by atoms with E-state index >= 15 is 0 Å². The summed E-state index contributed by atoms with van der Waals surface area (Å²) in [6.07, 6.45) is -4.78. The van der Waals surface area contributed by atoms with Crippen LogP contribution in [0.4, 0.5) is 18.9 Å². The highest BCUT2D eigenvalue weighted by Gasteiger charge is 2.35. The van der Waals surface area contributed by atoms with Crippen LogP contribution in [0.15, 0.2) is 41.3 Å². The Balaban J connectivity index is 2.45. The second-order valence-corrected chi connectivity index (χ2v) is 7.12. The largest absolute Gasteiger partial charge is 0.495 e. The number of methoxy groups -OCH3 is 1. The van der Waals surface area contributed by atoms with E-state index in [1.807, 2.05) is 4.72 Å². The van der Waals surface area contributed by atoms with E-state index in [0.29, 0.717) is 6.07 Å². The molecule has 0 atom stereocenters. The smallest absolute Gasteiger partial charge is 0.418 e. The average molecular weight is 400 g/mol. The first-order valence-electron chi connectivity index (χ1n) is 6.27. The summed E-state index contributed by atoms with van der Waals surface area (Å²) < 4.78 is 70.5. The minimum absolute atomic E-state index is 0.00697. The zero-order valence-electron chi connectivity index (χ0n) is 12.0. The normalized spacial score (nSPS) is 12.1. The molecule has 0 aliphatic carbocycles. The molecule has 0 aliphatic rings. The molecule has 2 aromatic rings. The third kappa shape index (κ3) is 4.06. The van der Waals surface area contributed by atoms with Gasteiger partial charge in [-0.05, 0) is 36.4 Å². The molecule has 0 radical (unpaired) electrons. The number of ether oxygens (including phenoxy) is 1. The Kier molecular flexibility index (Phi) is 5.22. The average Bonchev–Trinajstić information content (AvgIpc) is 2.47. The van der Waals surface area contributed by atoms with Crippen molar-refractivity contribution in [1.29, 1.82) is 0 Å². The van der Waals surface area contributed by atoms with Gasteiger partial charge in [-0.2, -0.15) is 13.2 Å². The molecule has 1 N–H and O–H groups in total. The van der Waals surface area contributed by atoms with E-state index < -0.39 is 27.5 Å². The maximum absolute atomic E-state index is 13.0. The van der Waals surface area contributed by atoms with Gasteiger partial charge in [0.25, 0.3) is 10.0 Å². The van der Waals surface area contributed by atoms with Gasteiger partial charge in [0.05, 0.1) is 28.3 Å². The Hall–Kier alpha value is -1.64. The Morgan fingerprint density at radius 1 is 1.08 bits per heavy atom. The van der Waals surface area contributed by atoms with Crippen molar-refractivity contribution in [3.05, 3.63) is 52.0 Å². The molecule has 0 bridgehead atoms. The van der Waals surface area contributed by atoms with Gasteiger partial charge in [-0.15, -0.1) is 0 Å². The molecule has 2 aromatic carbocycles. The molecule has 10 heteroatoms. The van der Waals surface area contributed by atoms with Gasteiger partial charge in [0.1, 0.15) is 5.75 Å². The van der Waals surface area contributed by atoms with E-state index in [1.54, 1.807) is 0 Å². The van der Waals surface area contributed by atoms with Crippen molar-refractivity contribution in [1.82, 2.24) is 0 Å². The van der Waals surface area contributed by atoms with Gasteiger partial charge < -0.3 is 4.74 Å². The Bertz CT molecular complexity index is 870. The lowest BCUT2D eigenvalue weighted by Gasteiger charge is -2.15. The van der Waals surface area contributed by atoms with Crippen molar-refractivity contribution in [2.45, 2.75) is 11.1 Å². The van der Waals surface area contributed by atoms with Crippen LogP contribution in [0, 0.1) is 0 Å². The van der Waals surface area contributed by atoms with E-state index in [-0.39, 0.29) is 20.7 Å². The summed E-state index contributed by atoms with van der Waals surface area (Å²) >= 11 is 11.4. The van der Waals surface area contributed by atoms with Crippen LogP contribution >= 0.6 is 23.2 Å². The molecule has 0 unspecified atom stereocenters. The maximum Gasteiger partial charge on any atom is 0.418 e. The number of benzene rings is 2. The van der Waals surface area contributed by atoms with Gasteiger partial charge in [-0.25, -0.2) is 8.42 Å². The van der Waals surface area contributed by atoms with Crippen LogP contribution in [0.5, 0.6) is 5.75 Å². The number of hydrogen-bond acceptors (Lipinski definition) is 3. The molecule has 0 aliphatic heterocycles. The quantitative estimate of drug-likeness (QED) is 0.801. The van der Waals surface area contributed by atoms with Gasteiger partial charge >= 0.3 is 6.18 Å². The molecule has 0 saturated carbocycles. The predicted molar refractivity (Wildman–Crippen MR) is 85.3 cm³/mol. The molecular weight excluding hydrogens is 390 g/mol. The maximum atomic E-state index is 13.0. The molecule has 0 amide bonds. The van der Waals surface area contributed by atoms with E-state index in [0.717, 1.165) is 24.3 Å². The molecule has 0 heterocycles. The molecular formula is C14H10Cl2F3NO3S. The first-order valence-corrected chi connectivity index (χ1v) is 8.51. The van der Waals surface area contributed by atoms with Crippen molar-refractivity contribution in [2.24, 2.45) is 0 Å². The van der Waals surface area contributed by atoms with Gasteiger partial charge in [-0.3, -0.25) is 4.72 Å². The second-order valence-electron chi connectivity index (χ2n) is 4.59. The number of sulfonamides is 1. The van der Waals surface area contributed by atoms with Crippen LogP contribution in [-0.4, -0.2) is 15.5 Å². The summed E-state index contributed by atoms with van der Waals surface area (Å²) in [5, 5.41) is -0.162. The van der Waals surface area contributed by atoms with Crippen LogP contribution in [0.2, 0.25) is 10.0 Å². The number of hydrogen-bond donors (Lipinski definition) is 1. The first kappa shape index (κ1) is 18.7. The predicted octanol–water partition coefficient (Wildman–Crippen LogP) is 4.82. The summed E-state index contributed by atoms with van der Waals surface area (Å²) in [5.41, 5.74) is -1.84. The summed E-state index contributed by atoms with van der Waals surface area (Å²) in [6.45, 7) is 0. The highest BCUT2D eigenvalue weighted by Crippen LogP contribution is 2.37. The SMILES string of the molecule is COc1ccc(S(=O)(=O)Nc2ccc(Cl)cc2C(F)(F)F)cc1Cl. The van der Waals surface area contributed by atoms with Crippen molar-refractivity contribution in [3.63, 3.8) is 0 Å². The molecule has 24 heavy (non-hydrogen) atoms. The lowest BCUT2D eigenvalue weighted by Crippen LogP contribution is -2.17. The third-order valence-electron chi connectivity index (χ3n) is 2.96. The van der Waals surface area contributed by atoms with Crippen LogP contribution in [0.25, 0.3) is 0 Å². The van der Waals surface area contributed by atoms with E-state index in [4.69, 9.17) is 27.9 Å². The van der Waals surface area contributed by atoms with Crippen molar-refractivity contribution < 1.29 is 26.3 Å². The number of halogens is 5. The fraction of sp³-hybridized carbons (Fsp3) is 0.143. The van der Waals surface area contributed by atoms with Gasteiger partial charge in [0.2, 0.25) is 0 Å². The van der Waals surface area contributed by atoms with Gasteiger partial charge in [0, 0.05) is 5.02 Å². The van der Waals surface area contributed by atoms with Gasteiger partial charge in [0.15, 0.2) is 0 Å². The van der Waals surface area contributed by atoms with Crippen molar-refractivity contribution in [3.8, 4) is 5.75 Å². The zero-order valence-corrected chi connectivity index (χ0v) is 14.3. The summed E-state index contributed by atoms with van der Waals surface area (Å²) in [7, 11) is -2.95. The van der Waals surface area contributed by atoms with Crippen molar-refractivity contribution in [2.75, 3.05) is 11.8 Å². The third-order valence-corrected chi connectivity index (χ3v) is 4.86. The molecule has 0 saturated heterocycles. The van der Waals surface area contributed by atoms with E-state index in [1.165, 1.54) is 13.2 Å². The number of rotatable bonds is 4. The second kappa shape index (κ2) is 6.70. The molecule has 0 aromatic heterocycles. The molecule has 0 fully saturated rings. The highest BCUT2D eigenvalue weighted by molar-refractivity contribution is 7.92. The topological polar surface area (TPSA) is 55.4 Å². The van der Waals surface area contributed by atoms with Gasteiger partial charge in [-0.1, -0.05) is 23.2 Å². The van der Waals surface area contributed by atoms with E-state index in [2.05, 4.69) is 0 Å². The Morgan fingerprint density at radius 3 is 2.29 bits per heavy atom. The molecule has 2 rings (SSSR count). The van der Waals surface area contributed by atoms with Crippen LogP contribution in [0.3, 0.4) is 0 Å². The van der Waals surface area contributed by atoms with Crippen molar-refractivity contribution >= 4 is 38.9 Å². The summed E-state index contributed by atoms with van der Waals surface area (Å²) in [5.74, 6) is 0.234. The van der Waals surface area contributed by atoms with Crippen LogP contribution in [0.1, 0.15) is 5.56 Å². The lowest BCUT2D eigenvalue weighted by atomic mass is 10.2. The van der Waals surface area contributed by atoms with Crippen LogP contribution in [-0.2, 0) is 16.2 Å². The minimum Gasteiger partial charge on any atom is -0.495 e. The number of anilines is 1. The fourth-order valence-electron chi connectivity index (χ4n) is 1.86. The summed E-state index contributed by atoms with van der Waals surface area (Å²) in [6, 6.07) is 6.26. The molecule has 0 spiro atoms. The number of alkyl halides is 3. The Morgan fingerprint density at radius 2 is 1.75 bits per heavy atom. The lowest BCUT2D eigenvalue weighted by molar-refractivity contribution is -0.136. The monoisotopic (exact) mass is 399 g/mol. The zero-order chi connectivity index (χ0) is 18.1. The fourth-order valence-corrected chi connectivity index (χ4v) is 3.46. The van der Waals surface area contributed by atoms with Crippen LogP contribution < -0.4 is 9.46 Å². The van der Waals surface area contributed by atoms with E-state index in [9.17, 15) is 21.6 Å².